The van der Waals surface area contributed by atoms with Gasteiger partial charge in [-0.2, -0.15) is 4.31 Å². The summed E-state index contributed by atoms with van der Waals surface area (Å²) in [5.41, 5.74) is 3.31. The summed E-state index contributed by atoms with van der Waals surface area (Å²) in [5, 5.41) is 3.75. The molecule has 1 aromatic heterocycles. The summed E-state index contributed by atoms with van der Waals surface area (Å²) < 4.78 is 27.3. The molecule has 1 N–H and O–H groups in total. The van der Waals surface area contributed by atoms with Crippen molar-refractivity contribution in [2.45, 2.75) is 24.3 Å². The molecule has 138 valence electrons. The fourth-order valence-corrected chi connectivity index (χ4v) is 4.48. The SMILES string of the molecule is CN(Cc1ccc2ncccc2c1)S(=O)(=O)c1ccc2c(c1)CCC(=O)N2. The van der Waals surface area contributed by atoms with E-state index in [9.17, 15) is 13.2 Å². The van der Waals surface area contributed by atoms with E-state index in [0.717, 1.165) is 22.0 Å². The van der Waals surface area contributed by atoms with Crippen LogP contribution in [-0.2, 0) is 27.8 Å². The van der Waals surface area contributed by atoms with Gasteiger partial charge in [-0.1, -0.05) is 12.1 Å². The summed E-state index contributed by atoms with van der Waals surface area (Å²) >= 11 is 0. The smallest absolute Gasteiger partial charge is 0.243 e. The Morgan fingerprint density at radius 2 is 1.96 bits per heavy atom. The molecule has 0 spiro atoms. The van der Waals surface area contributed by atoms with Gasteiger partial charge in [0.2, 0.25) is 15.9 Å². The molecule has 0 aliphatic carbocycles. The van der Waals surface area contributed by atoms with Gasteiger partial charge in [-0.25, -0.2) is 8.42 Å². The number of nitrogens with zero attached hydrogens (tertiary/aromatic N) is 2. The molecule has 0 saturated carbocycles. The summed E-state index contributed by atoms with van der Waals surface area (Å²) in [6, 6.07) is 14.4. The molecule has 0 saturated heterocycles. The Morgan fingerprint density at radius 3 is 2.81 bits per heavy atom. The van der Waals surface area contributed by atoms with Crippen LogP contribution in [0.15, 0.2) is 59.6 Å². The van der Waals surface area contributed by atoms with Gasteiger partial charge < -0.3 is 5.32 Å². The van der Waals surface area contributed by atoms with Crippen LogP contribution in [0.4, 0.5) is 5.69 Å². The van der Waals surface area contributed by atoms with Gasteiger partial charge in [0.25, 0.3) is 0 Å². The number of hydrogen-bond donors (Lipinski definition) is 1. The van der Waals surface area contributed by atoms with Gasteiger partial charge in [-0.15, -0.1) is 0 Å². The molecule has 1 aliphatic rings. The molecule has 0 atom stereocenters. The van der Waals surface area contributed by atoms with E-state index in [2.05, 4.69) is 10.3 Å². The molecular weight excluding hydrogens is 362 g/mol. The second-order valence-corrected chi connectivity index (χ2v) is 8.70. The van der Waals surface area contributed by atoms with Crippen LogP contribution in [0.1, 0.15) is 17.5 Å². The fourth-order valence-electron chi connectivity index (χ4n) is 3.27. The molecule has 0 unspecified atom stereocenters. The van der Waals surface area contributed by atoms with Crippen molar-refractivity contribution in [3.63, 3.8) is 0 Å². The van der Waals surface area contributed by atoms with Crippen molar-refractivity contribution in [2.24, 2.45) is 0 Å². The van der Waals surface area contributed by atoms with Gasteiger partial charge in [-0.3, -0.25) is 9.78 Å². The second-order valence-electron chi connectivity index (χ2n) is 6.66. The minimum absolute atomic E-state index is 0.0407. The monoisotopic (exact) mass is 381 g/mol. The topological polar surface area (TPSA) is 79.4 Å². The Labute approximate surface area is 157 Å². The second kappa shape index (κ2) is 6.75. The van der Waals surface area contributed by atoms with Crippen LogP contribution in [0.5, 0.6) is 0 Å². The van der Waals surface area contributed by atoms with E-state index >= 15 is 0 Å². The Balaban J connectivity index is 1.60. The molecule has 0 bridgehead atoms. The van der Waals surface area contributed by atoms with Crippen molar-refractivity contribution in [1.29, 1.82) is 0 Å². The third-order valence-electron chi connectivity index (χ3n) is 4.75. The van der Waals surface area contributed by atoms with Crippen LogP contribution in [0.3, 0.4) is 0 Å². The lowest BCUT2D eigenvalue weighted by molar-refractivity contribution is -0.116. The molecule has 2 heterocycles. The highest BCUT2D eigenvalue weighted by Crippen LogP contribution is 2.27. The highest BCUT2D eigenvalue weighted by atomic mass is 32.2. The number of sulfonamides is 1. The van der Waals surface area contributed by atoms with Gasteiger partial charge in [-0.05, 0) is 53.9 Å². The largest absolute Gasteiger partial charge is 0.326 e. The minimum atomic E-state index is -3.63. The number of hydrogen-bond acceptors (Lipinski definition) is 4. The van der Waals surface area contributed by atoms with E-state index in [1.54, 1.807) is 31.4 Å². The van der Waals surface area contributed by atoms with Crippen LogP contribution >= 0.6 is 0 Å². The zero-order chi connectivity index (χ0) is 19.0. The van der Waals surface area contributed by atoms with Gasteiger partial charge >= 0.3 is 0 Å². The van der Waals surface area contributed by atoms with Crippen LogP contribution < -0.4 is 5.32 Å². The Bertz CT molecular complexity index is 1140. The third-order valence-corrected chi connectivity index (χ3v) is 6.55. The molecule has 7 heteroatoms. The first-order valence-corrected chi connectivity index (χ1v) is 10.1. The number of benzene rings is 2. The van der Waals surface area contributed by atoms with Gasteiger partial charge in [0.1, 0.15) is 0 Å². The first kappa shape index (κ1) is 17.6. The zero-order valence-electron chi connectivity index (χ0n) is 14.8. The van der Waals surface area contributed by atoms with Crippen LogP contribution in [0.2, 0.25) is 0 Å². The van der Waals surface area contributed by atoms with E-state index in [-0.39, 0.29) is 17.3 Å². The molecule has 2 aromatic carbocycles. The summed E-state index contributed by atoms with van der Waals surface area (Å²) in [7, 11) is -2.06. The number of aromatic nitrogens is 1. The van der Waals surface area contributed by atoms with Gasteiger partial charge in [0.15, 0.2) is 0 Å². The maximum absolute atomic E-state index is 13.0. The maximum atomic E-state index is 13.0. The van der Waals surface area contributed by atoms with Crippen molar-refractivity contribution in [3.05, 3.63) is 65.9 Å². The zero-order valence-corrected chi connectivity index (χ0v) is 15.7. The highest BCUT2D eigenvalue weighted by Gasteiger charge is 2.24. The minimum Gasteiger partial charge on any atom is -0.326 e. The Hall–Kier alpha value is -2.77. The lowest BCUT2D eigenvalue weighted by Gasteiger charge is -2.21. The molecular formula is C20H19N3O3S. The summed E-state index contributed by atoms with van der Waals surface area (Å²) in [4.78, 5) is 16.0. The number of carbonyl (C=O) groups excluding carboxylic acids is 1. The lowest BCUT2D eigenvalue weighted by atomic mass is 10.0. The van der Waals surface area contributed by atoms with E-state index in [0.29, 0.717) is 18.5 Å². The number of pyridine rings is 1. The number of fused-ring (bicyclic) bond motifs is 2. The summed E-state index contributed by atoms with van der Waals surface area (Å²) in [5.74, 6) is -0.0407. The molecule has 4 rings (SSSR count). The lowest BCUT2D eigenvalue weighted by Crippen LogP contribution is -2.27. The average Bonchev–Trinajstić information content (AvgIpc) is 2.67. The number of carbonyl (C=O) groups is 1. The quantitative estimate of drug-likeness (QED) is 0.754. The van der Waals surface area contributed by atoms with Crippen molar-refractivity contribution in [2.75, 3.05) is 12.4 Å². The summed E-state index contributed by atoms with van der Waals surface area (Å²) in [6.07, 6.45) is 2.65. The number of aryl methyl sites for hydroxylation is 1. The van der Waals surface area contributed by atoms with Crippen molar-refractivity contribution < 1.29 is 13.2 Å². The van der Waals surface area contributed by atoms with Gasteiger partial charge in [0.05, 0.1) is 10.4 Å². The normalized spacial score (nSPS) is 14.2. The predicted molar refractivity (Wildman–Crippen MR) is 104 cm³/mol. The molecule has 1 amide bonds. The van der Waals surface area contributed by atoms with Crippen molar-refractivity contribution in [1.82, 2.24) is 9.29 Å². The predicted octanol–water partition coefficient (Wildman–Crippen LogP) is 2.94. The number of anilines is 1. The van der Waals surface area contributed by atoms with E-state index in [4.69, 9.17) is 0 Å². The standard InChI is InChI=1S/C20H19N3O3S/c1-23(13-14-4-7-18-15(11-14)3-2-10-21-18)27(25,26)17-6-8-19-16(12-17)5-9-20(24)22-19/h2-4,6-8,10-12H,5,9,13H2,1H3,(H,22,24). The first-order chi connectivity index (χ1) is 12.9. The van der Waals surface area contributed by atoms with E-state index in [1.165, 1.54) is 4.31 Å². The molecule has 27 heavy (non-hydrogen) atoms. The molecule has 1 aliphatic heterocycles. The average molecular weight is 381 g/mol. The molecule has 0 fully saturated rings. The Kier molecular flexibility index (Phi) is 4.41. The molecule has 3 aromatic rings. The molecule has 0 radical (unpaired) electrons. The molecule has 6 nitrogen and oxygen atoms in total. The third kappa shape index (κ3) is 3.43. The number of rotatable bonds is 4. The van der Waals surface area contributed by atoms with Crippen LogP contribution in [0.25, 0.3) is 10.9 Å². The summed E-state index contributed by atoms with van der Waals surface area (Å²) in [6.45, 7) is 0.265. The number of nitrogens with one attached hydrogen (secondary N) is 1. The maximum Gasteiger partial charge on any atom is 0.243 e. The van der Waals surface area contributed by atoms with Crippen molar-refractivity contribution in [3.8, 4) is 0 Å². The number of amides is 1. The highest BCUT2D eigenvalue weighted by molar-refractivity contribution is 7.89. The fraction of sp³-hybridized carbons (Fsp3) is 0.200. The van der Waals surface area contributed by atoms with Crippen LogP contribution in [0, 0.1) is 0 Å². The van der Waals surface area contributed by atoms with E-state index < -0.39 is 10.0 Å². The Morgan fingerprint density at radius 1 is 1.11 bits per heavy atom. The van der Waals surface area contributed by atoms with Gasteiger partial charge in [0, 0.05) is 37.3 Å². The van der Waals surface area contributed by atoms with Crippen LogP contribution in [-0.4, -0.2) is 30.7 Å². The van der Waals surface area contributed by atoms with E-state index in [1.807, 2.05) is 30.3 Å². The van der Waals surface area contributed by atoms with Crippen molar-refractivity contribution >= 4 is 32.5 Å². The first-order valence-electron chi connectivity index (χ1n) is 8.66.